The summed E-state index contributed by atoms with van der Waals surface area (Å²) in [5, 5.41) is 5.31. The summed E-state index contributed by atoms with van der Waals surface area (Å²) >= 11 is 1.64. The van der Waals surface area contributed by atoms with Crippen molar-refractivity contribution in [3.8, 4) is 0 Å². The van der Waals surface area contributed by atoms with Crippen LogP contribution in [-0.4, -0.2) is 29.6 Å². The number of carbonyl (C=O) groups excluding carboxylic acids is 1. The molecule has 0 spiro atoms. The van der Waals surface area contributed by atoms with Crippen LogP contribution in [0.5, 0.6) is 0 Å². The van der Waals surface area contributed by atoms with Crippen molar-refractivity contribution in [1.29, 1.82) is 0 Å². The first-order chi connectivity index (χ1) is 12.5. The maximum Gasteiger partial charge on any atom is 0.231 e. The van der Waals surface area contributed by atoms with E-state index in [1.165, 1.54) is 11.1 Å². The molecule has 2 aromatic rings. The summed E-state index contributed by atoms with van der Waals surface area (Å²) in [7, 11) is 1.82. The molecule has 0 atom stereocenters. The molecule has 26 heavy (non-hydrogen) atoms. The quantitative estimate of drug-likeness (QED) is 0.887. The number of anilines is 1. The number of hydrogen-bond donors (Lipinski definition) is 1. The molecular weight excluding hydrogens is 344 g/mol. The van der Waals surface area contributed by atoms with Crippen LogP contribution in [0.3, 0.4) is 0 Å². The third-order valence-corrected chi connectivity index (χ3v) is 5.79. The fourth-order valence-electron chi connectivity index (χ4n) is 3.14. The Morgan fingerprint density at radius 2 is 2.08 bits per heavy atom. The largest absolute Gasteiger partial charge is 0.315 e. The van der Waals surface area contributed by atoms with Gasteiger partial charge in [0.2, 0.25) is 5.91 Å². The van der Waals surface area contributed by atoms with E-state index in [4.69, 9.17) is 4.99 Å². The average Bonchev–Trinajstić information content (AvgIpc) is 2.93. The lowest BCUT2D eigenvalue weighted by Crippen LogP contribution is -2.25. The number of amidine groups is 1. The normalized spacial score (nSPS) is 18.0. The first kappa shape index (κ1) is 16.8. The van der Waals surface area contributed by atoms with Crippen LogP contribution < -0.4 is 10.3 Å². The van der Waals surface area contributed by atoms with Gasteiger partial charge in [-0.3, -0.25) is 10.2 Å². The van der Waals surface area contributed by atoms with Crippen LogP contribution in [0.1, 0.15) is 22.3 Å². The molecule has 5 nitrogen and oxygen atoms in total. The molecule has 2 aromatic carbocycles. The number of carbonyl (C=O) groups is 1. The molecule has 2 heterocycles. The number of thioether (sulfide) groups is 1. The molecule has 2 aliphatic heterocycles. The Kier molecular flexibility index (Phi) is 4.28. The van der Waals surface area contributed by atoms with Crippen molar-refractivity contribution < 1.29 is 4.79 Å². The van der Waals surface area contributed by atoms with Gasteiger partial charge < -0.3 is 4.90 Å². The highest BCUT2D eigenvalue weighted by Gasteiger charge is 2.25. The fourth-order valence-corrected chi connectivity index (χ4v) is 3.92. The van der Waals surface area contributed by atoms with Gasteiger partial charge in [-0.1, -0.05) is 30.0 Å². The van der Waals surface area contributed by atoms with E-state index in [2.05, 4.69) is 36.5 Å². The lowest BCUT2D eigenvalue weighted by atomic mass is 10.1. The first-order valence-electron chi connectivity index (χ1n) is 8.53. The summed E-state index contributed by atoms with van der Waals surface area (Å²) in [4.78, 5) is 18.3. The van der Waals surface area contributed by atoms with Crippen LogP contribution in [0.2, 0.25) is 0 Å². The van der Waals surface area contributed by atoms with Crippen molar-refractivity contribution in [1.82, 2.24) is 5.43 Å². The summed E-state index contributed by atoms with van der Waals surface area (Å²) in [6.45, 7) is 4.17. The summed E-state index contributed by atoms with van der Waals surface area (Å²) in [5.41, 5.74) is 10.5. The lowest BCUT2D eigenvalue weighted by Gasteiger charge is -2.16. The summed E-state index contributed by atoms with van der Waals surface area (Å²) in [6, 6.07) is 12.2. The molecule has 0 aromatic heterocycles. The second-order valence-corrected chi connectivity index (χ2v) is 7.53. The zero-order chi connectivity index (χ0) is 18.3. The third kappa shape index (κ3) is 3.01. The van der Waals surface area contributed by atoms with Crippen LogP contribution in [0.15, 0.2) is 46.5 Å². The number of rotatable bonds is 2. The van der Waals surface area contributed by atoms with Crippen molar-refractivity contribution in [2.45, 2.75) is 20.3 Å². The van der Waals surface area contributed by atoms with Crippen LogP contribution in [0, 0.1) is 13.8 Å². The predicted molar refractivity (Wildman–Crippen MR) is 109 cm³/mol. The maximum absolute atomic E-state index is 11.9. The number of hydrogen-bond acceptors (Lipinski definition) is 4. The van der Waals surface area contributed by atoms with Gasteiger partial charge in [0, 0.05) is 18.5 Å². The van der Waals surface area contributed by atoms with Crippen molar-refractivity contribution in [3.05, 3.63) is 58.7 Å². The van der Waals surface area contributed by atoms with Gasteiger partial charge in [-0.2, -0.15) is 5.10 Å². The van der Waals surface area contributed by atoms with E-state index in [0.29, 0.717) is 6.42 Å². The molecule has 0 saturated carbocycles. The lowest BCUT2D eigenvalue weighted by molar-refractivity contribution is -0.117. The Bertz CT molecular complexity index is 964. The number of hydrazone groups is 1. The zero-order valence-corrected chi connectivity index (χ0v) is 15.9. The Balaban J connectivity index is 1.55. The van der Waals surface area contributed by atoms with E-state index in [1.807, 2.05) is 31.3 Å². The fraction of sp³-hybridized carbons (Fsp3) is 0.250. The number of nitrogens with zero attached hydrogens (tertiary/aromatic N) is 3. The van der Waals surface area contributed by atoms with E-state index in [9.17, 15) is 4.79 Å². The van der Waals surface area contributed by atoms with Crippen molar-refractivity contribution in [2.24, 2.45) is 10.1 Å². The molecule has 0 fully saturated rings. The molecule has 0 radical (unpaired) electrons. The van der Waals surface area contributed by atoms with Crippen LogP contribution in [-0.2, 0) is 11.2 Å². The van der Waals surface area contributed by atoms with E-state index in [0.717, 1.165) is 39.1 Å². The van der Waals surface area contributed by atoms with Gasteiger partial charge in [0.05, 0.1) is 17.8 Å². The predicted octanol–water partition coefficient (Wildman–Crippen LogP) is 3.55. The number of likely N-dealkylation sites (N-methyl/N-ethyl adjacent to an activating group) is 1. The molecule has 4 rings (SSSR count). The van der Waals surface area contributed by atoms with E-state index in [1.54, 1.807) is 16.7 Å². The Morgan fingerprint density at radius 1 is 1.23 bits per heavy atom. The van der Waals surface area contributed by atoms with Gasteiger partial charge in [-0.05, 0) is 54.3 Å². The highest BCUT2D eigenvalue weighted by Crippen LogP contribution is 2.29. The molecule has 0 unspecified atom stereocenters. The summed E-state index contributed by atoms with van der Waals surface area (Å²) < 4.78 is 0. The molecule has 132 valence electrons. The van der Waals surface area contributed by atoms with E-state index >= 15 is 0 Å². The molecule has 2 aliphatic rings. The molecule has 1 N–H and O–H groups in total. The molecule has 0 saturated heterocycles. The molecule has 0 bridgehead atoms. The number of amides is 1. The Morgan fingerprint density at radius 3 is 2.85 bits per heavy atom. The monoisotopic (exact) mass is 364 g/mol. The molecule has 0 aliphatic carbocycles. The molecule has 6 heteroatoms. The Hall–Kier alpha value is -2.60. The second-order valence-electron chi connectivity index (χ2n) is 6.57. The first-order valence-corrected chi connectivity index (χ1v) is 9.51. The summed E-state index contributed by atoms with van der Waals surface area (Å²) in [6.07, 6.45) is 0.465. The highest BCUT2D eigenvalue weighted by molar-refractivity contribution is 8.14. The number of fused-ring (bicyclic) bond motifs is 1. The van der Waals surface area contributed by atoms with Gasteiger partial charge in [0.25, 0.3) is 0 Å². The topological polar surface area (TPSA) is 57.1 Å². The molecular formula is C20H20N4OS. The smallest absolute Gasteiger partial charge is 0.231 e. The van der Waals surface area contributed by atoms with Gasteiger partial charge in [-0.15, -0.1) is 0 Å². The number of benzene rings is 2. The minimum absolute atomic E-state index is 0.137. The van der Waals surface area contributed by atoms with Gasteiger partial charge >= 0.3 is 0 Å². The van der Waals surface area contributed by atoms with Gasteiger partial charge in [-0.25, -0.2) is 4.99 Å². The molecule has 1 amide bonds. The Labute approximate surface area is 157 Å². The average molecular weight is 364 g/mol. The summed E-state index contributed by atoms with van der Waals surface area (Å²) in [5.74, 6) is 0.886. The third-order valence-electron chi connectivity index (χ3n) is 4.92. The van der Waals surface area contributed by atoms with Crippen LogP contribution in [0.25, 0.3) is 0 Å². The second kappa shape index (κ2) is 6.61. The van der Waals surface area contributed by atoms with Crippen molar-refractivity contribution >= 4 is 39.9 Å². The van der Waals surface area contributed by atoms with E-state index in [-0.39, 0.29) is 5.91 Å². The van der Waals surface area contributed by atoms with Crippen molar-refractivity contribution in [2.75, 3.05) is 17.7 Å². The van der Waals surface area contributed by atoms with Gasteiger partial charge in [0.15, 0.2) is 5.17 Å². The van der Waals surface area contributed by atoms with Crippen molar-refractivity contribution in [3.63, 3.8) is 0 Å². The highest BCUT2D eigenvalue weighted by atomic mass is 32.2. The number of nitrogens with one attached hydrogen (secondary N) is 1. The van der Waals surface area contributed by atoms with E-state index < -0.39 is 0 Å². The standard InChI is InChI=1S/C20H20N4OS/c1-12-5-4-6-16(13(12)2)21-20-23-22-17(11-26-20)14-7-8-18-15(9-14)10-19(25)24(18)3/h4-9H,10-11H2,1-3H3,(H,21,23). The number of aliphatic imine (C=N–C) groups is 1. The SMILES string of the molecule is Cc1cccc(N=C2NN=C(c3ccc4c(c3)CC(=O)N4C)CS2)c1C. The van der Waals surface area contributed by atoms with Gasteiger partial charge in [0.1, 0.15) is 0 Å². The van der Waals surface area contributed by atoms with Crippen LogP contribution in [0.4, 0.5) is 11.4 Å². The minimum atomic E-state index is 0.137. The van der Waals surface area contributed by atoms with Crippen LogP contribution >= 0.6 is 11.8 Å². The maximum atomic E-state index is 11.9. The number of aryl methyl sites for hydroxylation is 1. The minimum Gasteiger partial charge on any atom is -0.315 e. The zero-order valence-electron chi connectivity index (χ0n) is 15.0.